The lowest BCUT2D eigenvalue weighted by molar-refractivity contribution is -0.306. The Balaban J connectivity index is 2.09. The van der Waals surface area contributed by atoms with Gasteiger partial charge in [-0.15, -0.1) is 0 Å². The van der Waals surface area contributed by atoms with Crippen LogP contribution in [0.25, 0.3) is 0 Å². The maximum absolute atomic E-state index is 16.0. The first-order valence-corrected chi connectivity index (χ1v) is 34.8. The number of amides is 7. The molecule has 0 saturated carbocycles. The van der Waals surface area contributed by atoms with E-state index >= 15 is 4.39 Å². The van der Waals surface area contributed by atoms with Crippen LogP contribution in [-0.2, 0) is 68.4 Å². The molecule has 564 valence electrons. The minimum absolute atomic E-state index is 0.0160. The molecule has 100 heavy (non-hydrogen) atoms. The largest absolute Gasteiger partial charge is 0.549 e. The summed E-state index contributed by atoms with van der Waals surface area (Å²) < 4.78 is 15.5. The molecule has 1 aliphatic rings. The number of rotatable bonds is 45. The number of carbonyl (C=O) groups is 14. The maximum Gasteiger partial charge on any atom is 0.326 e. The van der Waals surface area contributed by atoms with Gasteiger partial charge in [-0.1, -0.05) is 33.6 Å². The summed E-state index contributed by atoms with van der Waals surface area (Å²) in [6.45, 7) is 9.27. The monoisotopic (exact) mass is 1440 g/mol. The Morgan fingerprint density at radius 2 is 0.910 bits per heavy atom. The van der Waals surface area contributed by atoms with Crippen molar-refractivity contribution in [3.8, 4) is 0 Å². The number of nitrogens with zero attached hydrogens (tertiary/aromatic N) is 4. The molecule has 1 aromatic carbocycles. The molecule has 1 fully saturated rings. The van der Waals surface area contributed by atoms with E-state index in [0.717, 1.165) is 0 Å². The van der Waals surface area contributed by atoms with Crippen LogP contribution in [0.5, 0.6) is 0 Å². The van der Waals surface area contributed by atoms with Crippen molar-refractivity contribution >= 4 is 94.2 Å². The predicted molar refractivity (Wildman–Crippen MR) is 359 cm³/mol. The lowest BCUT2D eigenvalue weighted by Gasteiger charge is -2.35. The molecule has 1 aliphatic heterocycles. The number of carbonyl (C=O) groups excluding carboxylic acids is 7. The van der Waals surface area contributed by atoms with Crippen LogP contribution in [0.3, 0.4) is 0 Å². The van der Waals surface area contributed by atoms with E-state index in [1.807, 2.05) is 20.8 Å². The van der Waals surface area contributed by atoms with Crippen LogP contribution in [0, 0.1) is 5.41 Å². The minimum Gasteiger partial charge on any atom is -0.549 e. The lowest BCUT2D eigenvalue weighted by Crippen LogP contribution is -2.56. The smallest absolute Gasteiger partial charge is 0.326 e. The number of carboxylic acid groups (broad SMARTS) is 8. The number of alkyl halides is 1. The zero-order valence-corrected chi connectivity index (χ0v) is 58.8. The van der Waals surface area contributed by atoms with E-state index in [4.69, 9.17) is 5.11 Å². The molecule has 0 spiro atoms. The highest BCUT2D eigenvalue weighted by molar-refractivity contribution is 7.98. The van der Waals surface area contributed by atoms with Gasteiger partial charge in [0, 0.05) is 115 Å². The molecule has 1 aromatic rings. The van der Waals surface area contributed by atoms with Crippen LogP contribution in [-0.4, -0.2) is 271 Å². The van der Waals surface area contributed by atoms with E-state index in [-0.39, 0.29) is 147 Å². The summed E-state index contributed by atoms with van der Waals surface area (Å²) in [6, 6.07) is -2.20. The van der Waals surface area contributed by atoms with Crippen molar-refractivity contribution in [2.24, 2.45) is 5.41 Å². The standard InChI is InChI=1S/C65H104FN11O22S/c1-64(2,3)62(66)100(65(4,5)6)43-24-22-42(23-25-43)56(89)69-38-47(70-51(80)27-26-48(61(97)98)77-36-34-75(40-54(85)86)32-30-74(39-53(83)84)31-33-76(35-37-77)41-55(87)88)57(90)71-44(58(91)92)16-11-13-28-67-49(78)19-9-7-8-10-20-50(79)68-29-14-12-17-45(59(93)94)72-63(99)73-46(60(95)96)18-15-21-52(81)82/h22-25,44-48,62H,7-21,26-41H2,1-6H3,(H14-,67,68,69,70,71,72,73,78,79,80,81,82,83,84,85,86,87,88,89,90,91,92,93,94,95,96,97,98,99)/t44-,45+,46+,47-,48+,62-,100?/m1/s1. The van der Waals surface area contributed by atoms with E-state index in [1.54, 1.807) is 32.9 Å². The number of carboxylic acids is 8. The Morgan fingerprint density at radius 3 is 1.32 bits per heavy atom. The first-order chi connectivity index (χ1) is 46.9. The molecule has 35 heteroatoms. The third-order valence-corrected chi connectivity index (χ3v) is 19.3. The Kier molecular flexibility index (Phi) is 39.9. The van der Waals surface area contributed by atoms with Gasteiger partial charge in [0.25, 0.3) is 11.4 Å². The van der Waals surface area contributed by atoms with Crippen molar-refractivity contribution < 1.29 is 112 Å². The van der Waals surface area contributed by atoms with Gasteiger partial charge in [0.2, 0.25) is 23.6 Å². The fourth-order valence-electron chi connectivity index (χ4n) is 10.7. The van der Waals surface area contributed by atoms with Gasteiger partial charge in [-0.25, -0.2) is 19.2 Å². The second-order valence-electron chi connectivity index (χ2n) is 26.6. The quantitative estimate of drug-likeness (QED) is 0.0309. The molecule has 1 unspecified atom stereocenters. The minimum atomic E-state index is -1.65. The fourth-order valence-corrected chi connectivity index (χ4v) is 13.4. The van der Waals surface area contributed by atoms with Gasteiger partial charge in [-0.3, -0.25) is 62.8 Å². The van der Waals surface area contributed by atoms with Crippen LogP contribution in [0.15, 0.2) is 29.2 Å². The van der Waals surface area contributed by atoms with Crippen LogP contribution in [0.1, 0.15) is 161 Å². The van der Waals surface area contributed by atoms with Crippen LogP contribution in [0.4, 0.5) is 9.18 Å². The van der Waals surface area contributed by atoms with Gasteiger partial charge in [-0.2, -0.15) is 4.39 Å². The van der Waals surface area contributed by atoms with Crippen LogP contribution in [0.2, 0.25) is 0 Å². The highest BCUT2D eigenvalue weighted by Gasteiger charge is 2.49. The molecule has 0 radical (unpaired) electrons. The zero-order valence-electron chi connectivity index (χ0n) is 58.0. The highest BCUT2D eigenvalue weighted by Crippen LogP contribution is 2.40. The third kappa shape index (κ3) is 36.7. The van der Waals surface area contributed by atoms with Crippen molar-refractivity contribution in [1.82, 2.24) is 56.8 Å². The molecule has 1 heterocycles. The number of nitrogens with one attached hydrogen (secondary N) is 7. The summed E-state index contributed by atoms with van der Waals surface area (Å²) >= 11 is 0. The van der Waals surface area contributed by atoms with E-state index in [9.17, 15) is 103 Å². The number of unbranched alkanes of at least 4 members (excludes halogenated alkanes) is 5. The third-order valence-electron chi connectivity index (χ3n) is 16.1. The van der Waals surface area contributed by atoms with E-state index in [1.165, 1.54) is 31.7 Å². The molecule has 0 aliphatic carbocycles. The number of hydrogen-bond donors (Lipinski definition) is 14. The molecule has 14 N–H and O–H groups in total. The van der Waals surface area contributed by atoms with Crippen molar-refractivity contribution in [3.05, 3.63) is 29.8 Å². The van der Waals surface area contributed by atoms with Gasteiger partial charge in [-0.05, 0) is 116 Å². The van der Waals surface area contributed by atoms with Gasteiger partial charge in [0.05, 0.1) is 30.0 Å². The first kappa shape index (κ1) is 87.8. The summed E-state index contributed by atoms with van der Waals surface area (Å²) in [7, 11) is -0.926. The second-order valence-corrected chi connectivity index (χ2v) is 29.4. The summed E-state index contributed by atoms with van der Waals surface area (Å²) in [5.41, 5.74) is -1.84. The molecule has 7 atom stereocenters. The number of halogens is 1. The number of aliphatic carboxylic acids is 8. The van der Waals surface area contributed by atoms with Gasteiger partial charge >= 0.3 is 47.8 Å². The molecule has 1 saturated heterocycles. The molecular formula is C65H104FN11O22S. The van der Waals surface area contributed by atoms with Crippen LogP contribution < -0.4 is 42.3 Å². The predicted octanol–water partition coefficient (Wildman–Crippen LogP) is 0.336. The van der Waals surface area contributed by atoms with E-state index in [0.29, 0.717) is 37.0 Å². The summed E-state index contributed by atoms with van der Waals surface area (Å²) in [4.78, 5) is 180. The molecule has 7 amide bonds. The van der Waals surface area contributed by atoms with Gasteiger partial charge < -0.3 is 82.9 Å². The Bertz CT molecular complexity index is 2850. The normalized spacial score (nSPS) is 16.0. The van der Waals surface area contributed by atoms with Gasteiger partial charge in [0.1, 0.15) is 35.0 Å². The molecule has 2 rings (SSSR count). The number of benzene rings is 1. The van der Waals surface area contributed by atoms with Gasteiger partial charge in [0.15, 0.2) is 4.90 Å². The maximum atomic E-state index is 16.0. The second kappa shape index (κ2) is 45.5. The van der Waals surface area contributed by atoms with E-state index < -0.39 is 167 Å². The molecule has 33 nitrogen and oxygen atoms in total. The SMILES string of the molecule is CC(C)(C)[C@H](F)[S+](c1ccc(C(=O)NC[C@@H](NC(=O)CC[C@@H](C(=O)O)N2CCN(CC(=O)[O-])CCN(CC(=O)O)CCN(CC(=O)O)CC2)C(=O)N[C@H](CCCCNC(=O)CCCCCCC(=O)NCCCC[C@H](NC(=O)N[C@@H](CCCC(=O)O)C(=O)O)C(=O)O)C(=O)O)cc1)C(C)(C)C. The highest BCUT2D eigenvalue weighted by atomic mass is 32.2. The first-order valence-electron chi connectivity index (χ1n) is 33.5. The molecular weight excluding hydrogens is 1340 g/mol. The average molecular weight is 1440 g/mol. The van der Waals surface area contributed by atoms with Crippen molar-refractivity contribution in [2.75, 3.05) is 91.6 Å². The van der Waals surface area contributed by atoms with Crippen LogP contribution >= 0.6 is 0 Å². The fraction of sp³-hybridized carbons (Fsp3) is 0.692. The topological polar surface area (TPSA) is 501 Å². The van der Waals surface area contributed by atoms with E-state index in [2.05, 4.69) is 37.2 Å². The van der Waals surface area contributed by atoms with Crippen molar-refractivity contribution in [2.45, 2.75) is 196 Å². The average Bonchev–Trinajstić information content (AvgIpc) is 0.795. The summed E-state index contributed by atoms with van der Waals surface area (Å²) in [5, 5.41) is 96.8. The zero-order chi connectivity index (χ0) is 75.3. The van der Waals surface area contributed by atoms with Crippen molar-refractivity contribution in [1.29, 1.82) is 0 Å². The summed E-state index contributed by atoms with van der Waals surface area (Å²) in [5.74, 6) is -13.8. The lowest BCUT2D eigenvalue weighted by atomic mass is 9.99. The number of hydrogen-bond acceptors (Lipinski definition) is 19. The summed E-state index contributed by atoms with van der Waals surface area (Å²) in [6.07, 6.45) is 2.09. The molecule has 0 bridgehead atoms. The Labute approximate surface area is 584 Å². The molecule has 0 aromatic heterocycles. The Hall–Kier alpha value is -8.28. The Morgan fingerprint density at radius 1 is 0.470 bits per heavy atom. The number of urea groups is 1. The van der Waals surface area contributed by atoms with Crippen molar-refractivity contribution in [3.63, 3.8) is 0 Å².